The van der Waals surface area contributed by atoms with Gasteiger partial charge in [0, 0.05) is 11.1 Å². The zero-order valence-electron chi connectivity index (χ0n) is 10.5. The Hall–Kier alpha value is -2.26. The molecule has 0 amide bonds. The van der Waals surface area contributed by atoms with E-state index in [0.29, 0.717) is 16.8 Å². The summed E-state index contributed by atoms with van der Waals surface area (Å²) < 4.78 is 0. The van der Waals surface area contributed by atoms with Crippen molar-refractivity contribution in [1.29, 1.82) is 0 Å². The van der Waals surface area contributed by atoms with Gasteiger partial charge in [-0.3, -0.25) is 9.59 Å². The molecule has 0 radical (unpaired) electrons. The Labute approximate surface area is 121 Å². The Morgan fingerprint density at radius 3 is 2.20 bits per heavy atom. The minimum absolute atomic E-state index is 0.0153. The Bertz CT molecular complexity index is 725. The molecule has 98 valence electrons. The lowest BCUT2D eigenvalue weighted by atomic mass is 9.92. The van der Waals surface area contributed by atoms with Gasteiger partial charge in [-0.25, -0.2) is 4.99 Å². The molecule has 2 aliphatic rings. The Morgan fingerprint density at radius 1 is 0.950 bits per heavy atom. The zero-order chi connectivity index (χ0) is 14.1. The van der Waals surface area contributed by atoms with Gasteiger partial charge in [0.15, 0.2) is 0 Å². The fraction of sp³-hybridized carbons (Fsp3) is 0.0625. The lowest BCUT2D eigenvalue weighted by Gasteiger charge is -2.15. The summed E-state index contributed by atoms with van der Waals surface area (Å²) in [4.78, 5) is 28.8. The van der Waals surface area contributed by atoms with Gasteiger partial charge in [0.05, 0.1) is 5.71 Å². The third-order valence-corrected chi connectivity index (χ3v) is 3.48. The van der Waals surface area contributed by atoms with Crippen molar-refractivity contribution in [2.75, 3.05) is 0 Å². The van der Waals surface area contributed by atoms with Crippen LogP contribution in [0.2, 0.25) is 0 Å². The van der Waals surface area contributed by atoms with Crippen LogP contribution in [0, 0.1) is 0 Å². The molecule has 0 N–H and O–H groups in total. The second-order valence-electron chi connectivity index (χ2n) is 4.44. The van der Waals surface area contributed by atoms with E-state index in [1.807, 2.05) is 12.2 Å². The van der Waals surface area contributed by atoms with Gasteiger partial charge >= 0.3 is 0 Å². The number of halogens is 1. The molecule has 1 aromatic rings. The summed E-state index contributed by atoms with van der Waals surface area (Å²) in [6.45, 7) is 0. The van der Waals surface area contributed by atoms with Crippen LogP contribution in [0.3, 0.4) is 0 Å². The first kappa shape index (κ1) is 12.8. The number of rotatable bonds is 1. The fourth-order valence-electron chi connectivity index (χ4n) is 2.15. The summed E-state index contributed by atoms with van der Waals surface area (Å²) in [5.41, 5.74) is 1.32. The summed E-state index contributed by atoms with van der Waals surface area (Å²) in [5.74, 6) is -0.671. The van der Waals surface area contributed by atoms with Crippen LogP contribution in [0.15, 0.2) is 64.3 Å². The normalized spacial score (nSPS) is 17.6. The highest BCUT2D eigenvalue weighted by molar-refractivity contribution is 6.50. The lowest BCUT2D eigenvalue weighted by molar-refractivity contribution is 0.0980. The van der Waals surface area contributed by atoms with E-state index in [4.69, 9.17) is 11.6 Å². The molecule has 0 spiro atoms. The van der Waals surface area contributed by atoms with Crippen molar-refractivity contribution < 1.29 is 9.59 Å². The van der Waals surface area contributed by atoms with E-state index in [-0.39, 0.29) is 22.3 Å². The predicted octanol–water partition coefficient (Wildman–Crippen LogP) is 3.47. The van der Waals surface area contributed by atoms with Crippen LogP contribution in [0.4, 0.5) is 0 Å². The standard InChI is InChI=1S/C16H10ClNO2/c17-13-14(18-10-6-2-1-3-7-10)16(20)12-9-5-4-8-11(12)15(13)19/h2-9H,1H2. The minimum atomic E-state index is -0.356. The molecule has 0 fully saturated rings. The number of carbonyl (C=O) groups excluding carboxylic acids is 2. The molecule has 0 atom stereocenters. The lowest BCUT2D eigenvalue weighted by Crippen LogP contribution is -2.19. The highest BCUT2D eigenvalue weighted by Crippen LogP contribution is 2.29. The van der Waals surface area contributed by atoms with Gasteiger partial charge in [-0.2, -0.15) is 0 Å². The van der Waals surface area contributed by atoms with Crippen LogP contribution in [0.1, 0.15) is 27.1 Å². The molecular weight excluding hydrogens is 274 g/mol. The second-order valence-corrected chi connectivity index (χ2v) is 4.82. The summed E-state index contributed by atoms with van der Waals surface area (Å²) in [6, 6.07) is 6.64. The van der Waals surface area contributed by atoms with Crippen molar-refractivity contribution >= 4 is 28.9 Å². The fourth-order valence-corrected chi connectivity index (χ4v) is 2.38. The number of ketones is 2. The first-order chi connectivity index (χ1) is 9.68. The zero-order valence-corrected chi connectivity index (χ0v) is 11.2. The Balaban J connectivity index is 2.12. The van der Waals surface area contributed by atoms with Gasteiger partial charge in [0.25, 0.3) is 0 Å². The smallest absolute Gasteiger partial charge is 0.213 e. The number of aliphatic imine (C=N–C) groups is 1. The summed E-state index contributed by atoms with van der Waals surface area (Å²) >= 11 is 6.03. The van der Waals surface area contributed by atoms with Crippen LogP contribution in [0.25, 0.3) is 0 Å². The van der Waals surface area contributed by atoms with Crippen LogP contribution in [-0.4, -0.2) is 17.3 Å². The van der Waals surface area contributed by atoms with Gasteiger partial charge in [-0.05, 0) is 18.6 Å². The van der Waals surface area contributed by atoms with Crippen molar-refractivity contribution in [3.63, 3.8) is 0 Å². The first-order valence-corrected chi connectivity index (χ1v) is 6.56. The maximum absolute atomic E-state index is 12.4. The van der Waals surface area contributed by atoms with E-state index in [9.17, 15) is 9.59 Å². The third-order valence-electron chi connectivity index (χ3n) is 3.13. The summed E-state index contributed by atoms with van der Waals surface area (Å²) in [5, 5.41) is -0.117. The number of hydrogen-bond donors (Lipinski definition) is 0. The van der Waals surface area contributed by atoms with Crippen molar-refractivity contribution in [3.05, 3.63) is 70.4 Å². The number of nitrogens with zero attached hydrogens (tertiary/aromatic N) is 1. The monoisotopic (exact) mass is 283 g/mol. The van der Waals surface area contributed by atoms with Crippen LogP contribution in [-0.2, 0) is 0 Å². The van der Waals surface area contributed by atoms with Crippen molar-refractivity contribution in [2.45, 2.75) is 6.42 Å². The topological polar surface area (TPSA) is 46.5 Å². The van der Waals surface area contributed by atoms with E-state index in [0.717, 1.165) is 6.42 Å². The summed E-state index contributed by atoms with van der Waals surface area (Å²) in [7, 11) is 0. The van der Waals surface area contributed by atoms with Crippen LogP contribution in [0.5, 0.6) is 0 Å². The minimum Gasteiger partial charge on any atom is -0.287 e. The van der Waals surface area contributed by atoms with E-state index in [2.05, 4.69) is 4.99 Å². The highest BCUT2D eigenvalue weighted by atomic mass is 35.5. The van der Waals surface area contributed by atoms with E-state index < -0.39 is 0 Å². The summed E-state index contributed by atoms with van der Waals surface area (Å²) in [6.07, 6.45) is 8.29. The van der Waals surface area contributed by atoms with Crippen molar-refractivity contribution in [3.8, 4) is 0 Å². The number of allylic oxidation sites excluding steroid dienone is 6. The molecule has 0 saturated heterocycles. The molecule has 0 unspecified atom stereocenters. The Kier molecular flexibility index (Phi) is 3.20. The third kappa shape index (κ3) is 2.06. The average Bonchev–Trinajstić information content (AvgIpc) is 2.50. The number of Topliss-reactive ketones (excluding diaryl/α,β-unsaturated/α-hetero) is 2. The molecule has 4 heteroatoms. The molecule has 2 aliphatic carbocycles. The van der Waals surface area contributed by atoms with Crippen molar-refractivity contribution in [1.82, 2.24) is 0 Å². The number of fused-ring (bicyclic) bond motifs is 1. The van der Waals surface area contributed by atoms with Gasteiger partial charge in [-0.1, -0.05) is 48.0 Å². The van der Waals surface area contributed by atoms with Gasteiger partial charge in [0.1, 0.15) is 10.7 Å². The van der Waals surface area contributed by atoms with E-state index >= 15 is 0 Å². The van der Waals surface area contributed by atoms with Crippen LogP contribution < -0.4 is 0 Å². The largest absolute Gasteiger partial charge is 0.287 e. The number of carbonyl (C=O) groups is 2. The molecular formula is C16H10ClNO2. The maximum atomic E-state index is 12.4. The quantitative estimate of drug-likeness (QED) is 0.792. The highest BCUT2D eigenvalue weighted by Gasteiger charge is 2.31. The molecule has 0 saturated carbocycles. The molecule has 20 heavy (non-hydrogen) atoms. The van der Waals surface area contributed by atoms with Crippen LogP contribution >= 0.6 is 11.6 Å². The number of hydrogen-bond acceptors (Lipinski definition) is 3. The van der Waals surface area contributed by atoms with Gasteiger partial charge in [-0.15, -0.1) is 0 Å². The predicted molar refractivity (Wildman–Crippen MR) is 78.3 cm³/mol. The average molecular weight is 284 g/mol. The molecule has 3 nitrogen and oxygen atoms in total. The van der Waals surface area contributed by atoms with Gasteiger partial charge < -0.3 is 0 Å². The molecule has 0 aliphatic heterocycles. The second kappa shape index (κ2) is 5.02. The number of benzene rings is 1. The Morgan fingerprint density at radius 2 is 1.55 bits per heavy atom. The molecule has 0 aromatic heterocycles. The van der Waals surface area contributed by atoms with Crippen molar-refractivity contribution in [2.24, 2.45) is 4.99 Å². The molecule has 0 heterocycles. The van der Waals surface area contributed by atoms with E-state index in [1.165, 1.54) is 0 Å². The molecule has 3 rings (SSSR count). The first-order valence-electron chi connectivity index (χ1n) is 6.18. The molecule has 1 aromatic carbocycles. The SMILES string of the molecule is O=C1C(Cl)=C(N=C2C=CCC=C2)C(=O)c2ccccc21. The maximum Gasteiger partial charge on any atom is 0.213 e. The van der Waals surface area contributed by atoms with E-state index in [1.54, 1.807) is 36.4 Å². The molecule has 0 bridgehead atoms. The van der Waals surface area contributed by atoms with Gasteiger partial charge in [0.2, 0.25) is 11.6 Å².